The van der Waals surface area contributed by atoms with E-state index in [1.807, 2.05) is 6.92 Å². The van der Waals surface area contributed by atoms with Crippen LogP contribution in [0.25, 0.3) is 0 Å². The van der Waals surface area contributed by atoms with Crippen molar-refractivity contribution in [2.45, 2.75) is 300 Å². The molecule has 28 nitrogen and oxygen atoms in total. The standard InChI is InChI=1S/C63H100O28/c1-24-37(69)40(72)43(75)53(81-24)87-33-22-80-52(42(74)39(33)71)88-48-27(4)83-55(49(46(48)78)86-29(6)66)89-50-45(77)47(85-28(5)65)26(3)84-56(50)91-57(79)63-18-17-58(7,8)19-31(63)30-13-14-35-59(9)20-32(67)51(90-54-44(76)41(73)38(70)25(2)82-54)60(10,23-64)34(59)15-16-61(35,11)62(30,12)21-36(63)68/h13,24-27,31-56,64,67-78H,14-23H2,1-12H3/t24-,25-,26-,27-,31?,32-,33+,34?,35?,36+,37-,38-,39-,40+,41+,42+,43+,44+,45-,46+,47-,48-,49+,50+,51-,52+,53+,54-,55-,56+,59-,60-,61+,62+,63+/m0/s1. The van der Waals surface area contributed by atoms with E-state index in [4.69, 9.17) is 56.8 Å². The number of carbonyl (C=O) groups is 3. The monoisotopic (exact) mass is 1300 g/mol. The third kappa shape index (κ3) is 12.1. The Labute approximate surface area is 529 Å². The first-order valence-electron chi connectivity index (χ1n) is 32.3. The number of esters is 3. The largest absolute Gasteiger partial charge is 0.457 e. The molecule has 28 heteroatoms. The molecule has 5 saturated heterocycles. The lowest BCUT2D eigenvalue weighted by Gasteiger charge is -2.72. The van der Waals surface area contributed by atoms with Gasteiger partial charge in [0.05, 0.1) is 55.9 Å². The molecule has 0 spiro atoms. The van der Waals surface area contributed by atoms with Crippen LogP contribution >= 0.6 is 0 Å². The second-order valence-corrected chi connectivity index (χ2v) is 29.8. The number of hydrogen-bond acceptors (Lipinski definition) is 28. The van der Waals surface area contributed by atoms with Crippen molar-refractivity contribution in [1.82, 2.24) is 0 Å². The minimum atomic E-state index is -1.90. The Morgan fingerprint density at radius 2 is 1.07 bits per heavy atom. The summed E-state index contributed by atoms with van der Waals surface area (Å²) in [6.07, 6.45) is -35.6. The van der Waals surface area contributed by atoms with Crippen molar-refractivity contribution in [2.24, 2.45) is 50.2 Å². The van der Waals surface area contributed by atoms with Crippen LogP contribution in [0.3, 0.4) is 0 Å². The maximum Gasteiger partial charge on any atom is 0.317 e. The zero-order chi connectivity index (χ0) is 66.9. The first-order valence-corrected chi connectivity index (χ1v) is 32.3. The van der Waals surface area contributed by atoms with Crippen molar-refractivity contribution in [3.8, 4) is 0 Å². The van der Waals surface area contributed by atoms with E-state index in [-0.39, 0.29) is 36.5 Å². The molecule has 10 rings (SSSR count). The van der Waals surface area contributed by atoms with E-state index in [1.54, 1.807) is 0 Å². The number of allylic oxidation sites excluding steroid dienone is 2. The molecule has 0 amide bonds. The number of aliphatic hydroxyl groups excluding tert-OH is 13. The van der Waals surface area contributed by atoms with Crippen molar-refractivity contribution in [2.75, 3.05) is 13.2 Å². The molecule has 5 aliphatic carbocycles. The summed E-state index contributed by atoms with van der Waals surface area (Å²) < 4.78 is 71.8. The Balaban J connectivity index is 0.897. The lowest BCUT2D eigenvalue weighted by Crippen LogP contribution is -2.70. The maximum atomic E-state index is 15.8. The van der Waals surface area contributed by atoms with Crippen LogP contribution in [-0.4, -0.2) is 263 Å². The van der Waals surface area contributed by atoms with E-state index in [1.165, 1.54) is 27.7 Å². The van der Waals surface area contributed by atoms with E-state index in [9.17, 15) is 76.0 Å². The quantitative estimate of drug-likeness (QED) is 0.0436. The maximum absolute atomic E-state index is 15.8. The summed E-state index contributed by atoms with van der Waals surface area (Å²) >= 11 is 0. The number of rotatable bonds is 13. The third-order valence-electron chi connectivity index (χ3n) is 23.7. The number of hydrogen-bond donors (Lipinski definition) is 13. The molecule has 13 N–H and O–H groups in total. The first-order chi connectivity index (χ1) is 42.4. The Morgan fingerprint density at radius 1 is 0.527 bits per heavy atom. The highest BCUT2D eigenvalue weighted by atomic mass is 16.8. The van der Waals surface area contributed by atoms with Crippen molar-refractivity contribution in [1.29, 1.82) is 0 Å². The van der Waals surface area contributed by atoms with Gasteiger partial charge < -0.3 is 123 Å². The van der Waals surface area contributed by atoms with E-state index >= 15 is 4.79 Å². The fraction of sp³-hybridized carbons (Fsp3) is 0.921. The van der Waals surface area contributed by atoms with Gasteiger partial charge in [0, 0.05) is 19.3 Å². The van der Waals surface area contributed by atoms with Crippen LogP contribution in [0.5, 0.6) is 0 Å². The molecule has 35 atom stereocenters. The van der Waals surface area contributed by atoms with Gasteiger partial charge in [0.15, 0.2) is 43.5 Å². The molecule has 0 aromatic carbocycles. The molecule has 5 aliphatic heterocycles. The second-order valence-electron chi connectivity index (χ2n) is 29.8. The zero-order valence-electron chi connectivity index (χ0n) is 53.9. The van der Waals surface area contributed by atoms with Crippen molar-refractivity contribution in [3.05, 3.63) is 11.6 Å². The predicted molar refractivity (Wildman–Crippen MR) is 307 cm³/mol. The molecule has 4 saturated carbocycles. The Bertz CT molecular complexity index is 2650. The number of fused-ring (bicyclic) bond motifs is 7. The van der Waals surface area contributed by atoms with Gasteiger partial charge in [0.1, 0.15) is 78.7 Å². The van der Waals surface area contributed by atoms with Gasteiger partial charge >= 0.3 is 17.9 Å². The van der Waals surface area contributed by atoms with Crippen molar-refractivity contribution < 1.29 is 138 Å². The highest BCUT2D eigenvalue weighted by Gasteiger charge is 2.73. The summed E-state index contributed by atoms with van der Waals surface area (Å²) in [4.78, 5) is 41.2. The van der Waals surface area contributed by atoms with E-state index in [0.717, 1.165) is 19.4 Å². The summed E-state index contributed by atoms with van der Waals surface area (Å²) in [5.41, 5.74) is -4.03. The Morgan fingerprint density at radius 3 is 1.67 bits per heavy atom. The van der Waals surface area contributed by atoms with Gasteiger partial charge in [0.25, 0.3) is 0 Å². The lowest BCUT2D eigenvalue weighted by molar-refractivity contribution is -0.378. The minimum Gasteiger partial charge on any atom is -0.457 e. The average molecular weight is 1310 g/mol. The molecular formula is C63H100O28. The predicted octanol–water partition coefficient (Wildman–Crippen LogP) is -1.41. The minimum absolute atomic E-state index is 0.108. The van der Waals surface area contributed by atoms with Crippen LogP contribution < -0.4 is 0 Å². The molecule has 3 unspecified atom stereocenters. The van der Waals surface area contributed by atoms with Gasteiger partial charge in [-0.2, -0.15) is 0 Å². The highest BCUT2D eigenvalue weighted by Crippen LogP contribution is 2.76. The van der Waals surface area contributed by atoms with E-state index in [2.05, 4.69) is 40.7 Å². The summed E-state index contributed by atoms with van der Waals surface area (Å²) in [5, 5.41) is 147. The summed E-state index contributed by atoms with van der Waals surface area (Å²) in [7, 11) is 0. The first kappa shape index (κ1) is 71.1. The highest BCUT2D eigenvalue weighted by molar-refractivity contribution is 5.80. The molecular weight excluding hydrogens is 1200 g/mol. The SMILES string of the molecule is CC(=O)O[C@@H]1[C@H](O)[C@@H](O[C@@H]2O[C@@H](C)[C@H](O[C@H]3OC[C@@H](O[C@H]4O[C@@H](C)[C@H](O)[C@@H](O)[C@H]4O)[C@H](O)[C@H]3O)[C@@H](O)[C@H]2OC(C)=O)[C@@H](OC(=O)[C@]23CCC(C)(C)CC2C2=CCC4[C@@]5(C)C[C@H](O)[C@H](O[C@@H]6O[C@@H](C)[C@H](O)[C@@H](O)[C@H]6O)[C@@](C)(CO)C5CC[C@@]4(C)[C@]2(C)C[C@H]3O)O[C@H]1C. The molecule has 9 fully saturated rings. The summed E-state index contributed by atoms with van der Waals surface area (Å²) in [6, 6.07) is 0. The van der Waals surface area contributed by atoms with Crippen molar-refractivity contribution in [3.63, 3.8) is 0 Å². The van der Waals surface area contributed by atoms with Crippen LogP contribution in [-0.2, 0) is 71.2 Å². The molecule has 0 radical (unpaired) electrons. The molecule has 0 bridgehead atoms. The van der Waals surface area contributed by atoms with Gasteiger partial charge in [-0.3, -0.25) is 14.4 Å². The van der Waals surface area contributed by atoms with Gasteiger partial charge in [-0.1, -0.05) is 53.2 Å². The van der Waals surface area contributed by atoms with Gasteiger partial charge in [0.2, 0.25) is 6.29 Å². The van der Waals surface area contributed by atoms with Gasteiger partial charge in [-0.05, 0) is 118 Å². The van der Waals surface area contributed by atoms with Gasteiger partial charge in [-0.25, -0.2) is 0 Å². The Kier molecular flexibility index (Phi) is 20.2. The zero-order valence-corrected chi connectivity index (χ0v) is 53.9. The third-order valence-corrected chi connectivity index (χ3v) is 23.7. The Hall–Kier alpha value is -2.73. The van der Waals surface area contributed by atoms with Crippen LogP contribution in [0, 0.1) is 50.2 Å². The molecule has 520 valence electrons. The van der Waals surface area contributed by atoms with Gasteiger partial charge in [-0.15, -0.1) is 0 Å². The number of carbonyl (C=O) groups excluding carboxylic acids is 3. The number of ether oxygens (including phenoxy) is 12. The molecule has 10 aliphatic rings. The fourth-order valence-electron chi connectivity index (χ4n) is 18.4. The summed E-state index contributed by atoms with van der Waals surface area (Å²) in [5.74, 6) is -3.62. The molecule has 91 heavy (non-hydrogen) atoms. The van der Waals surface area contributed by atoms with Crippen LogP contribution in [0.15, 0.2) is 11.6 Å². The molecule has 0 aromatic rings. The van der Waals surface area contributed by atoms with E-state index < -0.39 is 230 Å². The van der Waals surface area contributed by atoms with Crippen LogP contribution in [0.1, 0.15) is 134 Å². The smallest absolute Gasteiger partial charge is 0.317 e. The number of aliphatic hydroxyl groups is 13. The molecule has 5 heterocycles. The topological polar surface area (TPSA) is 425 Å². The second kappa shape index (κ2) is 25.9. The molecule has 0 aromatic heterocycles. The normalized spacial score (nSPS) is 53.9. The van der Waals surface area contributed by atoms with Crippen LogP contribution in [0.4, 0.5) is 0 Å². The lowest BCUT2D eigenvalue weighted by atomic mass is 9.33. The van der Waals surface area contributed by atoms with Crippen LogP contribution in [0.2, 0.25) is 0 Å². The van der Waals surface area contributed by atoms with E-state index in [0.29, 0.717) is 32.1 Å². The average Bonchev–Trinajstić information content (AvgIpc) is 0.671. The summed E-state index contributed by atoms with van der Waals surface area (Å²) in [6.45, 7) is 19.7. The fourth-order valence-corrected chi connectivity index (χ4v) is 18.4. The van der Waals surface area contributed by atoms with Crippen molar-refractivity contribution >= 4 is 17.9 Å².